The summed E-state index contributed by atoms with van der Waals surface area (Å²) in [5.74, 6) is -0.855. The van der Waals surface area contributed by atoms with Crippen LogP contribution in [0.15, 0.2) is 0 Å². The summed E-state index contributed by atoms with van der Waals surface area (Å²) in [6.45, 7) is 7.38. The molecule has 0 saturated carbocycles. The van der Waals surface area contributed by atoms with E-state index < -0.39 is 17.9 Å². The molecule has 0 aliphatic heterocycles. The molecule has 7 heteroatoms. The van der Waals surface area contributed by atoms with Crippen LogP contribution in [0.2, 0.25) is 0 Å². The highest BCUT2D eigenvalue weighted by atomic mass is 16.5. The fraction of sp³-hybridized carbons (Fsp3) is 0.583. The highest BCUT2D eigenvalue weighted by Crippen LogP contribution is 2.21. The van der Waals surface area contributed by atoms with Crippen LogP contribution in [-0.2, 0) is 9.53 Å². The molecule has 4 N–H and O–H groups in total. The molecule has 0 bridgehead atoms. The predicted octanol–water partition coefficient (Wildman–Crippen LogP) is 0.797. The minimum Gasteiger partial charge on any atom is -0.464 e. The van der Waals surface area contributed by atoms with Gasteiger partial charge in [-0.2, -0.15) is 5.10 Å². The van der Waals surface area contributed by atoms with Crippen molar-refractivity contribution in [3.63, 3.8) is 0 Å². The number of nitrogens with one attached hydrogen (secondary N) is 2. The third kappa shape index (κ3) is 3.46. The smallest absolute Gasteiger partial charge is 0.328 e. The van der Waals surface area contributed by atoms with Gasteiger partial charge in [-0.3, -0.25) is 9.89 Å². The number of nitrogens with zero attached hydrogens (tertiary/aromatic N) is 1. The van der Waals surface area contributed by atoms with Crippen LogP contribution in [0, 0.1) is 0 Å². The molecular formula is C12H20N4O3. The van der Waals surface area contributed by atoms with Crippen LogP contribution in [0.25, 0.3) is 0 Å². The van der Waals surface area contributed by atoms with E-state index in [9.17, 15) is 9.59 Å². The molecule has 1 rings (SSSR count). The molecule has 1 aromatic heterocycles. The molecule has 7 nitrogen and oxygen atoms in total. The Morgan fingerprint density at radius 2 is 2.05 bits per heavy atom. The molecule has 0 spiro atoms. The van der Waals surface area contributed by atoms with E-state index in [-0.39, 0.29) is 18.2 Å². The van der Waals surface area contributed by atoms with Crippen molar-refractivity contribution >= 4 is 17.6 Å². The van der Waals surface area contributed by atoms with Crippen LogP contribution in [0.4, 0.5) is 5.69 Å². The summed E-state index contributed by atoms with van der Waals surface area (Å²) < 4.78 is 4.80. The highest BCUT2D eigenvalue weighted by Gasteiger charge is 2.23. The number of hydrogen-bond donors (Lipinski definition) is 3. The highest BCUT2D eigenvalue weighted by molar-refractivity contribution is 5.99. The Labute approximate surface area is 111 Å². The molecule has 1 atom stereocenters. The quantitative estimate of drug-likeness (QED) is 0.684. The number of esters is 1. The summed E-state index contributed by atoms with van der Waals surface area (Å²) in [7, 11) is 0. The number of nitrogen functional groups attached to an aromatic ring is 1. The van der Waals surface area contributed by atoms with Gasteiger partial charge in [-0.25, -0.2) is 4.79 Å². The van der Waals surface area contributed by atoms with E-state index >= 15 is 0 Å². The number of aromatic amines is 1. The van der Waals surface area contributed by atoms with Crippen molar-refractivity contribution in [2.45, 2.75) is 39.7 Å². The first-order valence-corrected chi connectivity index (χ1v) is 6.19. The normalized spacial score (nSPS) is 12.3. The first kappa shape index (κ1) is 15.0. The van der Waals surface area contributed by atoms with Crippen molar-refractivity contribution < 1.29 is 14.3 Å². The van der Waals surface area contributed by atoms with Crippen molar-refractivity contribution in [1.82, 2.24) is 15.5 Å². The number of carbonyl (C=O) groups excluding carboxylic acids is 2. The number of amides is 1. The molecule has 0 saturated heterocycles. The summed E-state index contributed by atoms with van der Waals surface area (Å²) in [5, 5.41) is 9.11. The molecule has 1 aromatic rings. The Morgan fingerprint density at radius 3 is 2.53 bits per heavy atom. The average molecular weight is 268 g/mol. The third-order valence-electron chi connectivity index (χ3n) is 2.61. The van der Waals surface area contributed by atoms with Crippen molar-refractivity contribution in [2.24, 2.45) is 0 Å². The van der Waals surface area contributed by atoms with E-state index in [0.717, 1.165) is 0 Å². The summed E-state index contributed by atoms with van der Waals surface area (Å²) in [5.41, 5.74) is 6.95. The minimum absolute atomic E-state index is 0.0971. The molecule has 0 fully saturated rings. The first-order valence-electron chi connectivity index (χ1n) is 6.19. The van der Waals surface area contributed by atoms with Crippen LogP contribution < -0.4 is 11.1 Å². The lowest BCUT2D eigenvalue weighted by atomic mass is 10.1. The zero-order chi connectivity index (χ0) is 14.6. The Bertz CT molecular complexity index is 468. The molecule has 1 heterocycles. The first-order chi connectivity index (χ1) is 8.88. The van der Waals surface area contributed by atoms with Crippen LogP contribution in [0.5, 0.6) is 0 Å². The monoisotopic (exact) mass is 268 g/mol. The SMILES string of the molecule is CCOC(=O)C(C)NC(=O)c1n[nH]c(C(C)C)c1N. The van der Waals surface area contributed by atoms with Gasteiger partial charge in [-0.05, 0) is 19.8 Å². The molecular weight excluding hydrogens is 248 g/mol. The lowest BCUT2D eigenvalue weighted by Gasteiger charge is -2.11. The number of nitrogens with two attached hydrogens (primary N) is 1. The molecule has 0 aromatic carbocycles. The fourth-order valence-electron chi connectivity index (χ4n) is 1.57. The van der Waals surface area contributed by atoms with Crippen LogP contribution >= 0.6 is 0 Å². The number of H-pyrrole nitrogens is 1. The number of hydrogen-bond acceptors (Lipinski definition) is 5. The van der Waals surface area contributed by atoms with Gasteiger partial charge in [0.2, 0.25) is 0 Å². The van der Waals surface area contributed by atoms with Gasteiger partial charge in [0.05, 0.1) is 18.0 Å². The zero-order valence-electron chi connectivity index (χ0n) is 11.6. The zero-order valence-corrected chi connectivity index (χ0v) is 11.6. The van der Waals surface area contributed by atoms with Crippen molar-refractivity contribution in [1.29, 1.82) is 0 Å². The average Bonchev–Trinajstić information content (AvgIpc) is 2.71. The van der Waals surface area contributed by atoms with Gasteiger partial charge in [0, 0.05) is 0 Å². The fourth-order valence-corrected chi connectivity index (χ4v) is 1.57. The van der Waals surface area contributed by atoms with Gasteiger partial charge in [0.1, 0.15) is 6.04 Å². The molecule has 1 unspecified atom stereocenters. The number of ether oxygens (including phenoxy) is 1. The molecule has 0 aliphatic carbocycles. The number of carbonyl (C=O) groups is 2. The molecule has 1 amide bonds. The van der Waals surface area contributed by atoms with E-state index in [1.54, 1.807) is 13.8 Å². The van der Waals surface area contributed by atoms with Crippen LogP contribution in [0.1, 0.15) is 49.8 Å². The molecule has 106 valence electrons. The summed E-state index contributed by atoms with van der Waals surface area (Å²) in [4.78, 5) is 23.4. The van der Waals surface area contributed by atoms with E-state index in [4.69, 9.17) is 10.5 Å². The van der Waals surface area contributed by atoms with E-state index in [2.05, 4.69) is 15.5 Å². The van der Waals surface area contributed by atoms with Gasteiger partial charge in [0.25, 0.3) is 5.91 Å². The van der Waals surface area contributed by atoms with Gasteiger partial charge in [-0.1, -0.05) is 13.8 Å². The van der Waals surface area contributed by atoms with Gasteiger partial charge < -0.3 is 15.8 Å². The Balaban J connectivity index is 2.76. The topological polar surface area (TPSA) is 110 Å². The minimum atomic E-state index is -0.744. The van der Waals surface area contributed by atoms with Crippen molar-refractivity contribution in [3.8, 4) is 0 Å². The summed E-state index contributed by atoms with van der Waals surface area (Å²) >= 11 is 0. The standard InChI is InChI=1S/C12H20N4O3/c1-5-19-12(18)7(4)14-11(17)10-8(13)9(6(2)3)15-16-10/h6-7H,5,13H2,1-4H3,(H,14,17)(H,15,16). The Kier molecular flexibility index (Phi) is 4.91. The Morgan fingerprint density at radius 1 is 1.42 bits per heavy atom. The molecule has 0 radical (unpaired) electrons. The lowest BCUT2D eigenvalue weighted by Crippen LogP contribution is -2.40. The number of rotatable bonds is 5. The largest absolute Gasteiger partial charge is 0.464 e. The van der Waals surface area contributed by atoms with Crippen LogP contribution in [0.3, 0.4) is 0 Å². The van der Waals surface area contributed by atoms with E-state index in [1.165, 1.54) is 0 Å². The second-order valence-corrected chi connectivity index (χ2v) is 4.50. The summed E-state index contributed by atoms with van der Waals surface area (Å²) in [6.07, 6.45) is 0. The van der Waals surface area contributed by atoms with Gasteiger partial charge in [0.15, 0.2) is 5.69 Å². The second-order valence-electron chi connectivity index (χ2n) is 4.50. The van der Waals surface area contributed by atoms with Crippen molar-refractivity contribution in [3.05, 3.63) is 11.4 Å². The van der Waals surface area contributed by atoms with Gasteiger partial charge >= 0.3 is 5.97 Å². The van der Waals surface area contributed by atoms with E-state index in [1.807, 2.05) is 13.8 Å². The predicted molar refractivity (Wildman–Crippen MR) is 70.7 cm³/mol. The molecule has 19 heavy (non-hydrogen) atoms. The molecule has 0 aliphatic rings. The van der Waals surface area contributed by atoms with Crippen LogP contribution in [-0.4, -0.2) is 34.7 Å². The van der Waals surface area contributed by atoms with Gasteiger partial charge in [-0.15, -0.1) is 0 Å². The number of aromatic nitrogens is 2. The number of anilines is 1. The maximum Gasteiger partial charge on any atom is 0.328 e. The van der Waals surface area contributed by atoms with E-state index in [0.29, 0.717) is 11.4 Å². The maximum absolute atomic E-state index is 11.9. The Hall–Kier alpha value is -2.05. The van der Waals surface area contributed by atoms with Crippen molar-refractivity contribution in [2.75, 3.05) is 12.3 Å². The third-order valence-corrected chi connectivity index (χ3v) is 2.61. The summed E-state index contributed by atoms with van der Waals surface area (Å²) in [6, 6.07) is -0.744. The lowest BCUT2D eigenvalue weighted by molar-refractivity contribution is -0.144. The second kappa shape index (κ2) is 6.21. The maximum atomic E-state index is 11.9.